The van der Waals surface area contributed by atoms with Crippen LogP contribution in [0.4, 0.5) is 0 Å². The molecule has 0 fully saturated rings. The molecule has 0 aliphatic heterocycles. The third-order valence-corrected chi connectivity index (χ3v) is 2.35. The fourth-order valence-electron chi connectivity index (χ4n) is 1.38. The van der Waals surface area contributed by atoms with Gasteiger partial charge < -0.3 is 4.52 Å². The lowest BCUT2D eigenvalue weighted by Crippen LogP contribution is -1.78. The summed E-state index contributed by atoms with van der Waals surface area (Å²) >= 11 is 0. The van der Waals surface area contributed by atoms with Crippen molar-refractivity contribution < 1.29 is 4.52 Å². The molecule has 0 saturated heterocycles. The maximum Gasteiger partial charge on any atom is 0.123 e. The molecule has 14 heavy (non-hydrogen) atoms. The van der Waals surface area contributed by atoms with Crippen molar-refractivity contribution in [3.63, 3.8) is 0 Å². The van der Waals surface area contributed by atoms with Gasteiger partial charge in [0, 0.05) is 0 Å². The topological polar surface area (TPSA) is 9.23 Å². The molecule has 0 N–H and O–H groups in total. The summed E-state index contributed by atoms with van der Waals surface area (Å²) in [6.45, 7) is 0. The Labute approximate surface area is 86.0 Å². The molecule has 0 spiro atoms. The highest BCUT2D eigenvalue weighted by Gasteiger charge is 1.97. The molecule has 0 heterocycles. The maximum absolute atomic E-state index is 5.09. The Kier molecular flexibility index (Phi) is 2.81. The predicted molar refractivity (Wildman–Crippen MR) is 62.2 cm³/mol. The van der Waals surface area contributed by atoms with Crippen LogP contribution >= 0.6 is 9.47 Å². The SMILES string of the molecule is POc1cccc(-c2ccccc2)c1. The molecule has 0 saturated carbocycles. The first-order valence-corrected chi connectivity index (χ1v) is 4.89. The Morgan fingerprint density at radius 2 is 1.50 bits per heavy atom. The Morgan fingerprint density at radius 3 is 2.21 bits per heavy atom. The summed E-state index contributed by atoms with van der Waals surface area (Å²) in [7, 11) is 2.25. The van der Waals surface area contributed by atoms with E-state index in [9.17, 15) is 0 Å². The first-order chi connectivity index (χ1) is 6.90. The van der Waals surface area contributed by atoms with Crippen molar-refractivity contribution in [3.05, 3.63) is 54.6 Å². The zero-order chi connectivity index (χ0) is 9.80. The summed E-state index contributed by atoms with van der Waals surface area (Å²) in [5, 5.41) is 0. The van der Waals surface area contributed by atoms with Crippen LogP contribution in [-0.4, -0.2) is 0 Å². The van der Waals surface area contributed by atoms with Gasteiger partial charge in [-0.1, -0.05) is 42.5 Å². The Morgan fingerprint density at radius 1 is 0.786 bits per heavy atom. The number of benzene rings is 2. The van der Waals surface area contributed by atoms with E-state index in [0.29, 0.717) is 0 Å². The molecule has 1 unspecified atom stereocenters. The number of hydrogen-bond donors (Lipinski definition) is 0. The van der Waals surface area contributed by atoms with Crippen molar-refractivity contribution >= 4 is 9.47 Å². The van der Waals surface area contributed by atoms with Crippen molar-refractivity contribution in [2.45, 2.75) is 0 Å². The van der Waals surface area contributed by atoms with E-state index < -0.39 is 0 Å². The van der Waals surface area contributed by atoms with Crippen molar-refractivity contribution in [1.82, 2.24) is 0 Å². The van der Waals surface area contributed by atoms with Crippen LogP contribution in [0.5, 0.6) is 5.75 Å². The largest absolute Gasteiger partial charge is 0.480 e. The molecule has 0 bridgehead atoms. The van der Waals surface area contributed by atoms with Crippen molar-refractivity contribution in [2.75, 3.05) is 0 Å². The van der Waals surface area contributed by atoms with E-state index in [1.807, 2.05) is 36.4 Å². The van der Waals surface area contributed by atoms with Gasteiger partial charge in [0.1, 0.15) is 5.75 Å². The van der Waals surface area contributed by atoms with Crippen LogP contribution in [-0.2, 0) is 0 Å². The van der Waals surface area contributed by atoms with Crippen LogP contribution in [0.1, 0.15) is 0 Å². The highest BCUT2D eigenvalue weighted by Crippen LogP contribution is 2.24. The van der Waals surface area contributed by atoms with Crippen LogP contribution in [0.3, 0.4) is 0 Å². The molecule has 0 aliphatic carbocycles. The smallest absolute Gasteiger partial charge is 0.123 e. The highest BCUT2D eigenvalue weighted by molar-refractivity contribution is 7.10. The van der Waals surface area contributed by atoms with Gasteiger partial charge in [-0.25, -0.2) is 0 Å². The number of rotatable bonds is 2. The van der Waals surface area contributed by atoms with E-state index in [-0.39, 0.29) is 0 Å². The summed E-state index contributed by atoms with van der Waals surface area (Å²) < 4.78 is 5.09. The van der Waals surface area contributed by atoms with Crippen molar-refractivity contribution in [2.24, 2.45) is 0 Å². The molecule has 2 aromatic rings. The van der Waals surface area contributed by atoms with Gasteiger partial charge in [-0.3, -0.25) is 0 Å². The number of hydrogen-bond acceptors (Lipinski definition) is 1. The van der Waals surface area contributed by atoms with Crippen LogP contribution in [0, 0.1) is 0 Å². The Bertz CT molecular complexity index is 412. The van der Waals surface area contributed by atoms with Crippen molar-refractivity contribution in [1.29, 1.82) is 0 Å². The summed E-state index contributed by atoms with van der Waals surface area (Å²) in [4.78, 5) is 0. The summed E-state index contributed by atoms with van der Waals surface area (Å²) in [6, 6.07) is 18.3. The van der Waals surface area contributed by atoms with Gasteiger partial charge in [-0.2, -0.15) is 0 Å². The van der Waals surface area contributed by atoms with Gasteiger partial charge in [0.25, 0.3) is 0 Å². The minimum Gasteiger partial charge on any atom is -0.480 e. The summed E-state index contributed by atoms with van der Waals surface area (Å²) in [5.41, 5.74) is 2.38. The van der Waals surface area contributed by atoms with Gasteiger partial charge >= 0.3 is 0 Å². The minimum absolute atomic E-state index is 0.858. The lowest BCUT2D eigenvalue weighted by atomic mass is 10.1. The first kappa shape index (κ1) is 9.23. The van der Waals surface area contributed by atoms with Gasteiger partial charge in [-0.05, 0) is 23.3 Å². The Hall–Kier alpha value is -1.33. The third kappa shape index (κ3) is 1.94. The van der Waals surface area contributed by atoms with E-state index in [1.54, 1.807) is 0 Å². The molecule has 0 aliphatic rings. The van der Waals surface area contributed by atoms with E-state index in [1.165, 1.54) is 11.1 Å². The average Bonchev–Trinajstić information content (AvgIpc) is 2.30. The zero-order valence-electron chi connectivity index (χ0n) is 7.68. The summed E-state index contributed by atoms with van der Waals surface area (Å²) in [6.07, 6.45) is 0. The first-order valence-electron chi connectivity index (χ1n) is 4.42. The van der Waals surface area contributed by atoms with Crippen LogP contribution in [0.2, 0.25) is 0 Å². The average molecular weight is 202 g/mol. The fraction of sp³-hybridized carbons (Fsp3) is 0. The molecule has 70 valence electrons. The maximum atomic E-state index is 5.09. The summed E-state index contributed by atoms with van der Waals surface area (Å²) in [5.74, 6) is 0.858. The molecule has 2 aromatic carbocycles. The second-order valence-electron chi connectivity index (χ2n) is 3.01. The van der Waals surface area contributed by atoms with E-state index in [2.05, 4.69) is 27.7 Å². The van der Waals surface area contributed by atoms with Crippen LogP contribution < -0.4 is 4.52 Å². The van der Waals surface area contributed by atoms with Gasteiger partial charge in [0.15, 0.2) is 0 Å². The van der Waals surface area contributed by atoms with E-state index in [4.69, 9.17) is 4.52 Å². The molecule has 0 amide bonds. The minimum atomic E-state index is 0.858. The van der Waals surface area contributed by atoms with Gasteiger partial charge in [-0.15, -0.1) is 0 Å². The normalized spacial score (nSPS) is 9.79. The lowest BCUT2D eigenvalue weighted by Gasteiger charge is -2.03. The van der Waals surface area contributed by atoms with E-state index in [0.717, 1.165) is 5.75 Å². The molecular formula is C12H11OP. The Balaban J connectivity index is 2.42. The molecule has 0 aromatic heterocycles. The standard InChI is InChI=1S/C12H11OP/c14-13-12-8-4-7-11(9-12)10-5-2-1-3-6-10/h1-9H,14H2. The van der Waals surface area contributed by atoms with Crippen LogP contribution in [0.25, 0.3) is 11.1 Å². The molecule has 2 rings (SSSR count). The quantitative estimate of drug-likeness (QED) is 0.677. The van der Waals surface area contributed by atoms with Crippen LogP contribution in [0.15, 0.2) is 54.6 Å². The molecule has 1 nitrogen and oxygen atoms in total. The molecular weight excluding hydrogens is 191 g/mol. The third-order valence-electron chi connectivity index (χ3n) is 2.08. The van der Waals surface area contributed by atoms with Crippen molar-refractivity contribution in [3.8, 4) is 16.9 Å². The second-order valence-corrected chi connectivity index (χ2v) is 3.25. The lowest BCUT2D eigenvalue weighted by molar-refractivity contribution is 0.646. The van der Waals surface area contributed by atoms with Gasteiger partial charge in [0.05, 0.1) is 9.47 Å². The second kappa shape index (κ2) is 4.26. The molecule has 2 heteroatoms. The predicted octanol–water partition coefficient (Wildman–Crippen LogP) is 3.52. The molecule has 0 radical (unpaired) electrons. The highest BCUT2D eigenvalue weighted by atomic mass is 31.0. The molecule has 1 atom stereocenters. The van der Waals surface area contributed by atoms with E-state index >= 15 is 0 Å². The zero-order valence-corrected chi connectivity index (χ0v) is 8.84. The monoisotopic (exact) mass is 202 g/mol. The van der Waals surface area contributed by atoms with Gasteiger partial charge in [0.2, 0.25) is 0 Å². The fourth-order valence-corrected chi connectivity index (χ4v) is 1.53.